The number of benzene rings is 1. The number of ether oxygens (including phenoxy) is 2. The maximum Gasteiger partial charge on any atom is 0.325 e. The van der Waals surface area contributed by atoms with Crippen LogP contribution in [0.4, 0.5) is 4.39 Å². The zero-order valence-corrected chi connectivity index (χ0v) is 11.5. The summed E-state index contributed by atoms with van der Waals surface area (Å²) in [6.07, 6.45) is 1.23. The van der Waals surface area contributed by atoms with Crippen molar-refractivity contribution in [3.8, 4) is 5.75 Å². The molecule has 106 valence electrons. The summed E-state index contributed by atoms with van der Waals surface area (Å²) in [5, 5.41) is 2.95. The number of rotatable bonds is 7. The Morgan fingerprint density at radius 3 is 2.79 bits per heavy atom. The van der Waals surface area contributed by atoms with E-state index in [1.165, 1.54) is 19.2 Å². The molecule has 5 heteroatoms. The van der Waals surface area contributed by atoms with Crippen LogP contribution in [0.5, 0.6) is 5.75 Å². The molecule has 0 heterocycles. The normalized spacial score (nSPS) is 13.7. The number of esters is 1. The van der Waals surface area contributed by atoms with E-state index in [0.29, 0.717) is 25.2 Å². The highest BCUT2D eigenvalue weighted by atomic mass is 19.1. The maximum atomic E-state index is 12.9. The van der Waals surface area contributed by atoms with Crippen LogP contribution >= 0.6 is 0 Å². The third-order valence-corrected chi connectivity index (χ3v) is 3.07. The molecule has 0 aliphatic carbocycles. The summed E-state index contributed by atoms with van der Waals surface area (Å²) >= 11 is 0. The molecule has 0 aliphatic heterocycles. The summed E-state index contributed by atoms with van der Waals surface area (Å²) in [6.45, 7) is 2.19. The zero-order valence-electron chi connectivity index (χ0n) is 11.5. The first-order valence-electron chi connectivity index (χ1n) is 6.17. The average molecular weight is 269 g/mol. The van der Waals surface area contributed by atoms with Crippen LogP contribution < -0.4 is 10.1 Å². The first kappa shape index (κ1) is 15.4. The smallest absolute Gasteiger partial charge is 0.325 e. The second-order valence-corrected chi connectivity index (χ2v) is 4.48. The minimum absolute atomic E-state index is 0.305. The molecule has 0 fully saturated rings. The fourth-order valence-electron chi connectivity index (χ4n) is 1.73. The summed E-state index contributed by atoms with van der Waals surface area (Å²) in [4.78, 5) is 11.6. The van der Waals surface area contributed by atoms with Crippen molar-refractivity contribution < 1.29 is 18.7 Å². The van der Waals surface area contributed by atoms with E-state index >= 15 is 0 Å². The maximum absolute atomic E-state index is 12.9. The lowest BCUT2D eigenvalue weighted by atomic mass is 9.96. The molecule has 1 aromatic rings. The van der Waals surface area contributed by atoms with Gasteiger partial charge in [0, 0.05) is 6.07 Å². The minimum atomic E-state index is -0.722. The Morgan fingerprint density at radius 2 is 2.21 bits per heavy atom. The molecule has 0 saturated heterocycles. The van der Waals surface area contributed by atoms with Gasteiger partial charge in [0.1, 0.15) is 17.1 Å². The number of nitrogens with one attached hydrogen (secondary N) is 1. The molecule has 0 aliphatic rings. The van der Waals surface area contributed by atoms with Crippen molar-refractivity contribution in [2.75, 3.05) is 20.8 Å². The quantitative estimate of drug-likeness (QED) is 0.608. The second kappa shape index (κ2) is 7.09. The topological polar surface area (TPSA) is 47.6 Å². The minimum Gasteiger partial charge on any atom is -0.493 e. The summed E-state index contributed by atoms with van der Waals surface area (Å²) in [7, 11) is 3.07. The van der Waals surface area contributed by atoms with E-state index in [1.54, 1.807) is 26.1 Å². The van der Waals surface area contributed by atoms with Crippen LogP contribution in [-0.4, -0.2) is 32.3 Å². The molecule has 1 N–H and O–H groups in total. The Bertz CT molecular complexity index is 425. The molecule has 0 spiro atoms. The molecule has 0 saturated carbocycles. The molecule has 4 nitrogen and oxygen atoms in total. The van der Waals surface area contributed by atoms with E-state index in [0.717, 1.165) is 0 Å². The van der Waals surface area contributed by atoms with Crippen molar-refractivity contribution in [2.24, 2.45) is 0 Å². The van der Waals surface area contributed by atoms with Gasteiger partial charge in [0.15, 0.2) is 0 Å². The molecular formula is C14H20FNO3. The summed E-state index contributed by atoms with van der Waals surface area (Å²) in [5.74, 6) is -0.142. The highest BCUT2D eigenvalue weighted by molar-refractivity contribution is 5.80. The van der Waals surface area contributed by atoms with Gasteiger partial charge in [-0.2, -0.15) is 0 Å². The summed E-state index contributed by atoms with van der Waals surface area (Å²) in [5.41, 5.74) is -0.722. The van der Waals surface area contributed by atoms with E-state index in [2.05, 4.69) is 5.32 Å². The largest absolute Gasteiger partial charge is 0.493 e. The van der Waals surface area contributed by atoms with Crippen LogP contribution in [0.15, 0.2) is 24.3 Å². The van der Waals surface area contributed by atoms with Crippen LogP contribution in [0, 0.1) is 5.82 Å². The van der Waals surface area contributed by atoms with Crippen LogP contribution in [0.1, 0.15) is 19.8 Å². The van der Waals surface area contributed by atoms with Crippen LogP contribution in [-0.2, 0) is 9.53 Å². The molecule has 19 heavy (non-hydrogen) atoms. The standard InChI is InChI=1S/C14H20FNO3/c1-14(16-2,13(17)18-3)8-5-9-19-12-7-4-6-11(15)10-12/h4,6-7,10,16H,5,8-9H2,1-3H3. The van der Waals surface area contributed by atoms with E-state index in [1.807, 2.05) is 0 Å². The van der Waals surface area contributed by atoms with Crippen molar-refractivity contribution in [3.63, 3.8) is 0 Å². The third-order valence-electron chi connectivity index (χ3n) is 3.07. The van der Waals surface area contributed by atoms with Crippen molar-refractivity contribution in [3.05, 3.63) is 30.1 Å². The van der Waals surface area contributed by atoms with Crippen molar-refractivity contribution in [2.45, 2.75) is 25.3 Å². The zero-order chi connectivity index (χ0) is 14.3. The van der Waals surface area contributed by atoms with E-state index in [9.17, 15) is 9.18 Å². The lowest BCUT2D eigenvalue weighted by molar-refractivity contribution is -0.148. The van der Waals surface area contributed by atoms with Gasteiger partial charge in [0.05, 0.1) is 13.7 Å². The molecule has 0 amide bonds. The number of hydrogen-bond donors (Lipinski definition) is 1. The van der Waals surface area contributed by atoms with Crippen molar-refractivity contribution in [1.29, 1.82) is 0 Å². The summed E-state index contributed by atoms with van der Waals surface area (Å²) < 4.78 is 23.1. The van der Waals surface area contributed by atoms with Gasteiger partial charge in [-0.1, -0.05) is 6.07 Å². The lowest BCUT2D eigenvalue weighted by Crippen LogP contribution is -2.48. The molecule has 0 aromatic heterocycles. The van der Waals surface area contributed by atoms with Gasteiger partial charge in [-0.15, -0.1) is 0 Å². The fraction of sp³-hybridized carbons (Fsp3) is 0.500. The van der Waals surface area contributed by atoms with Crippen molar-refractivity contribution >= 4 is 5.97 Å². The molecule has 1 unspecified atom stereocenters. The van der Waals surface area contributed by atoms with Gasteiger partial charge < -0.3 is 14.8 Å². The number of halogens is 1. The average Bonchev–Trinajstić information content (AvgIpc) is 2.42. The molecule has 1 atom stereocenters. The first-order valence-corrected chi connectivity index (χ1v) is 6.17. The van der Waals surface area contributed by atoms with Gasteiger partial charge in [0.2, 0.25) is 0 Å². The van der Waals surface area contributed by atoms with Gasteiger partial charge in [-0.3, -0.25) is 4.79 Å². The van der Waals surface area contributed by atoms with Crippen LogP contribution in [0.2, 0.25) is 0 Å². The second-order valence-electron chi connectivity index (χ2n) is 4.48. The SMILES string of the molecule is CNC(C)(CCCOc1cccc(F)c1)C(=O)OC. The highest BCUT2D eigenvalue weighted by Crippen LogP contribution is 2.16. The number of hydrogen-bond acceptors (Lipinski definition) is 4. The Hall–Kier alpha value is -1.62. The van der Waals surface area contributed by atoms with Gasteiger partial charge >= 0.3 is 5.97 Å². The Balaban J connectivity index is 2.39. The van der Waals surface area contributed by atoms with Gasteiger partial charge in [0.25, 0.3) is 0 Å². The van der Waals surface area contributed by atoms with Gasteiger partial charge in [-0.25, -0.2) is 4.39 Å². The Labute approximate surface area is 112 Å². The predicted octanol–water partition coefficient (Wildman–Crippen LogP) is 2.14. The predicted molar refractivity (Wildman–Crippen MR) is 70.6 cm³/mol. The lowest BCUT2D eigenvalue weighted by Gasteiger charge is -2.25. The third kappa shape index (κ3) is 4.52. The number of likely N-dealkylation sites (N-methyl/N-ethyl adjacent to an activating group) is 1. The molecule has 1 aromatic carbocycles. The molecule has 0 bridgehead atoms. The van der Waals surface area contributed by atoms with E-state index in [-0.39, 0.29) is 11.8 Å². The van der Waals surface area contributed by atoms with E-state index in [4.69, 9.17) is 9.47 Å². The monoisotopic (exact) mass is 269 g/mol. The Kier molecular flexibility index (Phi) is 5.76. The first-order chi connectivity index (χ1) is 9.01. The molecule has 0 radical (unpaired) electrons. The van der Waals surface area contributed by atoms with Crippen molar-refractivity contribution in [1.82, 2.24) is 5.32 Å². The number of carbonyl (C=O) groups is 1. The van der Waals surface area contributed by atoms with Crippen LogP contribution in [0.3, 0.4) is 0 Å². The summed E-state index contributed by atoms with van der Waals surface area (Å²) in [6, 6.07) is 5.98. The number of carbonyl (C=O) groups excluding carboxylic acids is 1. The fourth-order valence-corrected chi connectivity index (χ4v) is 1.73. The van der Waals surface area contributed by atoms with Crippen LogP contribution in [0.25, 0.3) is 0 Å². The number of methoxy groups -OCH3 is 1. The highest BCUT2D eigenvalue weighted by Gasteiger charge is 2.31. The molecular weight excluding hydrogens is 249 g/mol. The molecule has 1 rings (SSSR count). The van der Waals surface area contributed by atoms with E-state index < -0.39 is 5.54 Å². The Morgan fingerprint density at radius 1 is 1.47 bits per heavy atom. The van der Waals surface area contributed by atoms with Gasteiger partial charge in [-0.05, 0) is 38.9 Å².